The topological polar surface area (TPSA) is 490 Å². The van der Waals surface area contributed by atoms with E-state index in [-0.39, 0.29) is 36.0 Å². The maximum Gasteiger partial charge on any atom is 0.346 e. The zero-order valence-corrected chi connectivity index (χ0v) is 60.9. The first-order valence-electron chi connectivity index (χ1n) is 35.3. The molecule has 0 aromatic rings. The molecule has 13 N–H and O–H groups in total. The van der Waals surface area contributed by atoms with Gasteiger partial charge < -0.3 is 104 Å². The van der Waals surface area contributed by atoms with E-state index in [0.29, 0.717) is 23.0 Å². The Balaban J connectivity index is 1.07. The number of ketones is 4. The van der Waals surface area contributed by atoms with E-state index in [4.69, 9.17) is 37.9 Å². The molecule has 30 nitrogen and oxygen atoms in total. The zero-order valence-electron chi connectivity index (χ0n) is 60.9. The number of esters is 4. The van der Waals surface area contributed by atoms with Crippen LogP contribution in [-0.4, -0.2) is 237 Å². The summed E-state index contributed by atoms with van der Waals surface area (Å²) in [7, 11) is 0. The molecule has 0 amide bonds. The number of hydrogen-bond acceptors (Lipinski definition) is 30. The monoisotopic (exact) mass is 1510 g/mol. The summed E-state index contributed by atoms with van der Waals surface area (Å²) in [6, 6.07) is 0. The second-order valence-corrected chi connectivity index (χ2v) is 30.9. The Morgan fingerprint density at radius 1 is 0.435 bits per heavy atom. The molecular formula is C78H90O30. The molecule has 0 radical (unpaired) electrons. The SMILES string of the molecule is CC1=C/C=C/C2(C)C=C(CO[C@H]3O[C@H](CO)[C@H](O)[C@H](O)[C@H]3O)C(C)CC23OC(=O)/C(=C(O)/C=C/C2(C)C=C(C=O)C(C)CC24OC(=O)\C(=C(O)/C(C)=C\C=C\C2(C)C=C(CO[C@H]5O[C@H](CO)[C@H](O)[C@H](O)[C@H]5O)C(C)CC25OC(=O)/C(=C(O)/C=C/C2(C)C=C(CO)C(C)CC26OC(=O)\C(=C\1O)C6=O)C5=O)C4=O)C3=O. The summed E-state index contributed by atoms with van der Waals surface area (Å²) < 4.78 is 47.5. The molecule has 11 rings (SSSR count). The van der Waals surface area contributed by atoms with Gasteiger partial charge in [0.15, 0.2) is 35.0 Å². The quantitative estimate of drug-likeness (QED) is 0.0491. The first-order valence-corrected chi connectivity index (χ1v) is 35.3. The highest BCUT2D eigenvalue weighted by Crippen LogP contribution is 2.59. The summed E-state index contributed by atoms with van der Waals surface area (Å²) in [5, 5.41) is 143. The van der Waals surface area contributed by atoms with Crippen LogP contribution in [0, 0.1) is 45.3 Å². The standard InChI is InChI=1S/C78H90O30/c1-35-13-11-17-71(7)27-43(33-101-69-59(91)57(89)55(87)47(31-81)103-69)39(5)23-75(71)61(93)49(65(97)105-75)46(84)16-20-74(10)26-42(30-80)38(4)22-78(74)64(96)52(68(100)108-78)54(86)36(2)14-12-18-72(8)28-44(34-102-70-60(92)58(90)56(88)48(32-82)104-70)40(6)24-76(72)62(94)50(66(98)106-76)45(83)15-19-73(9)25-41(29-79)37(3)21-77(73)63(95)51(53(35)85)67(99)107-77/h11-20,25-29,37-40,47-48,55-60,69-70,80-92H,21-24,30-34H2,1-10H3/b17-11+,18-12+,19-15+,20-16+,35-13-,36-14-,49-46-,50-45-,53-51+,54-52-/t37?,38?,39?,40?,47-,48-,55+,56+,57+,58+,59-,60-,69+,70+,71?,72?,73?,74?,75?,76?,77?,78?/m1/s1. The highest BCUT2D eigenvalue weighted by molar-refractivity contribution is 6.29. The Labute approximate surface area is 619 Å². The molecule has 108 heavy (non-hydrogen) atoms. The third-order valence-electron chi connectivity index (χ3n) is 23.8. The number of allylic oxidation sites excluding steroid dienone is 9. The fourth-order valence-corrected chi connectivity index (χ4v) is 16.9. The molecule has 4 spiro atoms. The third-order valence-corrected chi connectivity index (χ3v) is 23.8. The molecule has 6 saturated heterocycles. The van der Waals surface area contributed by atoms with E-state index in [1.807, 2.05) is 0 Å². The molecule has 30 heteroatoms. The van der Waals surface area contributed by atoms with Crippen LogP contribution >= 0.6 is 0 Å². The summed E-state index contributed by atoms with van der Waals surface area (Å²) in [6.07, 6.45) is -0.316. The average Bonchev–Trinajstić information content (AvgIpc) is 1.55. The molecule has 0 aromatic carbocycles. The van der Waals surface area contributed by atoms with Crippen molar-refractivity contribution < 1.29 is 147 Å². The van der Waals surface area contributed by atoms with Gasteiger partial charge in [0.05, 0.1) is 54.7 Å². The lowest BCUT2D eigenvalue weighted by atomic mass is 9.60. The highest BCUT2D eigenvalue weighted by Gasteiger charge is 2.69. The Morgan fingerprint density at radius 2 is 0.750 bits per heavy atom. The van der Waals surface area contributed by atoms with Crippen molar-refractivity contribution in [1.82, 2.24) is 0 Å². The van der Waals surface area contributed by atoms with Gasteiger partial charge in [-0.25, -0.2) is 19.2 Å². The van der Waals surface area contributed by atoms with Gasteiger partial charge in [0.25, 0.3) is 0 Å². The molecule has 6 aliphatic heterocycles. The van der Waals surface area contributed by atoms with Crippen molar-refractivity contribution in [2.45, 2.75) is 179 Å². The minimum absolute atomic E-state index is 0.0906. The Kier molecular flexibility index (Phi) is 21.5. The fraction of sp³-hybridized carbons (Fsp3) is 0.526. The molecule has 582 valence electrons. The summed E-state index contributed by atoms with van der Waals surface area (Å²) in [4.78, 5) is 132. The van der Waals surface area contributed by atoms with Gasteiger partial charge in [-0.05, 0) is 111 Å². The van der Waals surface area contributed by atoms with E-state index < -0.39 is 261 Å². The molecular weight excluding hydrogens is 1420 g/mol. The van der Waals surface area contributed by atoms with Crippen LogP contribution < -0.4 is 0 Å². The molecule has 22 atom stereocenters. The van der Waals surface area contributed by atoms with E-state index >= 15 is 19.2 Å². The average molecular weight is 1510 g/mol. The van der Waals surface area contributed by atoms with Crippen molar-refractivity contribution in [3.63, 3.8) is 0 Å². The number of Topliss-reactive ketones (excluding diaryl/α,β-unsaturated/α-hetero) is 4. The minimum atomic E-state index is -2.33. The minimum Gasteiger partial charge on any atom is -0.507 e. The molecule has 12 unspecified atom stereocenters. The van der Waals surface area contributed by atoms with E-state index in [0.717, 1.165) is 18.2 Å². The van der Waals surface area contributed by atoms with Crippen molar-refractivity contribution in [3.05, 3.63) is 164 Å². The number of carbonyl (C=O) groups is 9. The van der Waals surface area contributed by atoms with Gasteiger partial charge in [-0.1, -0.05) is 101 Å². The van der Waals surface area contributed by atoms with Crippen molar-refractivity contribution in [1.29, 1.82) is 0 Å². The van der Waals surface area contributed by atoms with Crippen molar-refractivity contribution in [2.24, 2.45) is 45.3 Å². The van der Waals surface area contributed by atoms with Crippen LogP contribution in [0.4, 0.5) is 0 Å². The normalized spacial score (nSPS) is 46.0. The summed E-state index contributed by atoms with van der Waals surface area (Å²) in [5.74, 6) is -16.7. The molecule has 8 bridgehead atoms. The molecule has 11 aliphatic rings. The van der Waals surface area contributed by atoms with E-state index in [1.165, 1.54) is 108 Å². The van der Waals surface area contributed by atoms with Gasteiger partial charge in [-0.3, -0.25) is 24.0 Å². The maximum absolute atomic E-state index is 15.5. The van der Waals surface area contributed by atoms with Crippen molar-refractivity contribution in [3.8, 4) is 0 Å². The smallest absolute Gasteiger partial charge is 0.346 e. The van der Waals surface area contributed by atoms with Crippen molar-refractivity contribution in [2.75, 3.05) is 33.0 Å². The number of aliphatic hydroxyl groups is 13. The molecule has 0 saturated carbocycles. The lowest BCUT2D eigenvalue weighted by Gasteiger charge is -2.46. The van der Waals surface area contributed by atoms with Gasteiger partial charge in [-0.15, -0.1) is 0 Å². The summed E-state index contributed by atoms with van der Waals surface area (Å²) in [5.41, 5.74) is -19.5. The van der Waals surface area contributed by atoms with Crippen LogP contribution in [0.2, 0.25) is 0 Å². The number of ether oxygens (including phenoxy) is 8. The van der Waals surface area contributed by atoms with Gasteiger partial charge in [0.2, 0.25) is 23.1 Å². The van der Waals surface area contributed by atoms with Crippen LogP contribution in [0.3, 0.4) is 0 Å². The second-order valence-electron chi connectivity index (χ2n) is 30.9. The molecule has 6 fully saturated rings. The molecule has 5 aliphatic carbocycles. The van der Waals surface area contributed by atoms with Crippen LogP contribution in [0.5, 0.6) is 0 Å². The number of rotatable bonds is 10. The number of hydrogen-bond donors (Lipinski definition) is 13. The predicted octanol–water partition coefficient (Wildman–Crippen LogP) is 2.54. The van der Waals surface area contributed by atoms with Gasteiger partial charge >= 0.3 is 23.9 Å². The largest absolute Gasteiger partial charge is 0.507 e. The van der Waals surface area contributed by atoms with Crippen LogP contribution in [0.15, 0.2) is 164 Å². The fourth-order valence-electron chi connectivity index (χ4n) is 16.9. The highest BCUT2D eigenvalue weighted by atomic mass is 16.7. The van der Waals surface area contributed by atoms with Crippen LogP contribution in [0.1, 0.15) is 94.9 Å². The van der Waals surface area contributed by atoms with Crippen LogP contribution in [0.25, 0.3) is 0 Å². The Hall–Kier alpha value is -8.73. The van der Waals surface area contributed by atoms with E-state index in [1.54, 1.807) is 27.7 Å². The van der Waals surface area contributed by atoms with E-state index in [2.05, 4.69) is 0 Å². The second kappa shape index (κ2) is 28.9. The third kappa shape index (κ3) is 12.6. The number of aliphatic hydroxyl groups excluding tert-OH is 13. The van der Waals surface area contributed by atoms with Gasteiger partial charge in [0.1, 0.15) is 100 Å². The van der Waals surface area contributed by atoms with Crippen LogP contribution in [-0.2, 0) is 81.0 Å². The summed E-state index contributed by atoms with van der Waals surface area (Å²) in [6.45, 7) is 11.7. The first kappa shape index (κ1) is 80.3. The number of aldehydes is 1. The molecule has 6 heterocycles. The Morgan fingerprint density at radius 3 is 1.10 bits per heavy atom. The van der Waals surface area contributed by atoms with Gasteiger partial charge in [0, 0.05) is 25.7 Å². The number of carbonyl (C=O) groups excluding carboxylic acids is 9. The zero-order chi connectivity index (χ0) is 79.4. The molecule has 0 aromatic heterocycles. The van der Waals surface area contributed by atoms with Gasteiger partial charge in [-0.2, -0.15) is 0 Å². The lowest BCUT2D eigenvalue weighted by Crippen LogP contribution is -2.59. The Bertz CT molecular complexity index is 4330. The number of fused-ring (bicyclic) bond motifs is 4. The van der Waals surface area contributed by atoms with Crippen molar-refractivity contribution >= 4 is 53.3 Å². The van der Waals surface area contributed by atoms with E-state index in [9.17, 15) is 90.4 Å². The summed E-state index contributed by atoms with van der Waals surface area (Å²) >= 11 is 0. The first-order chi connectivity index (χ1) is 50.6. The predicted molar refractivity (Wildman–Crippen MR) is 370 cm³/mol. The maximum atomic E-state index is 15.5. The lowest BCUT2D eigenvalue weighted by molar-refractivity contribution is -0.299.